The summed E-state index contributed by atoms with van der Waals surface area (Å²) in [5, 5.41) is 5.09. The molecule has 5 nitrogen and oxygen atoms in total. The molecule has 0 heterocycles. The monoisotopic (exact) mass is 240 g/mol. The fourth-order valence-corrected chi connectivity index (χ4v) is 1.78. The van der Waals surface area contributed by atoms with Gasteiger partial charge in [0.05, 0.1) is 13.7 Å². The zero-order valence-electron chi connectivity index (χ0n) is 10.3. The van der Waals surface area contributed by atoms with Gasteiger partial charge in [0.2, 0.25) is 5.91 Å². The Morgan fingerprint density at radius 1 is 1.35 bits per heavy atom. The highest BCUT2D eigenvalue weighted by molar-refractivity contribution is 5.81. The molecule has 0 fully saturated rings. The third-order valence-electron chi connectivity index (χ3n) is 2.73. The van der Waals surface area contributed by atoms with Crippen LogP contribution in [0.4, 0.5) is 4.79 Å². The maximum Gasteiger partial charge on any atom is 0.407 e. The Bertz CT molecular complexity index is 300. The second kappa shape index (κ2) is 7.70. The minimum Gasteiger partial charge on any atom is -0.453 e. The number of allylic oxidation sites excluding steroid dienone is 1. The van der Waals surface area contributed by atoms with Gasteiger partial charge in [-0.15, -0.1) is 0 Å². The summed E-state index contributed by atoms with van der Waals surface area (Å²) in [4.78, 5) is 22.0. The number of nitrogens with one attached hydrogen (secondary N) is 2. The molecule has 1 rings (SSSR count). The number of hydrogen-bond acceptors (Lipinski definition) is 3. The molecule has 2 N–H and O–H groups in total. The van der Waals surface area contributed by atoms with Gasteiger partial charge in [-0.3, -0.25) is 4.79 Å². The highest BCUT2D eigenvalue weighted by Crippen LogP contribution is 2.19. The van der Waals surface area contributed by atoms with Crippen LogP contribution in [0.3, 0.4) is 0 Å². The first-order valence-corrected chi connectivity index (χ1v) is 5.99. The molecule has 0 bridgehead atoms. The summed E-state index contributed by atoms with van der Waals surface area (Å²) in [5.74, 6) is -0.188. The Hall–Kier alpha value is -1.52. The van der Waals surface area contributed by atoms with Crippen molar-refractivity contribution in [2.24, 2.45) is 0 Å². The van der Waals surface area contributed by atoms with Crippen molar-refractivity contribution in [3.63, 3.8) is 0 Å². The summed E-state index contributed by atoms with van der Waals surface area (Å²) >= 11 is 0. The average Bonchev–Trinajstić information content (AvgIpc) is 2.37. The number of rotatable bonds is 5. The quantitative estimate of drug-likeness (QED) is 0.713. The van der Waals surface area contributed by atoms with Crippen molar-refractivity contribution >= 4 is 12.0 Å². The molecule has 0 saturated carbocycles. The van der Waals surface area contributed by atoms with Gasteiger partial charge in [0, 0.05) is 6.54 Å². The number of methoxy groups -OCH3 is 1. The lowest BCUT2D eigenvalue weighted by Gasteiger charge is -2.12. The number of ether oxygens (including phenoxy) is 1. The first kappa shape index (κ1) is 13.5. The van der Waals surface area contributed by atoms with Gasteiger partial charge in [-0.05, 0) is 32.1 Å². The number of alkyl carbamates (subject to hydrolysis) is 1. The van der Waals surface area contributed by atoms with E-state index in [4.69, 9.17) is 0 Å². The molecule has 96 valence electrons. The topological polar surface area (TPSA) is 67.4 Å². The molecular formula is C12H20N2O3. The highest BCUT2D eigenvalue weighted by Gasteiger charge is 2.06. The van der Waals surface area contributed by atoms with Crippen LogP contribution in [0.2, 0.25) is 0 Å². The zero-order valence-corrected chi connectivity index (χ0v) is 10.3. The molecule has 0 unspecified atom stereocenters. The van der Waals surface area contributed by atoms with Gasteiger partial charge < -0.3 is 15.4 Å². The molecule has 0 saturated heterocycles. The summed E-state index contributed by atoms with van der Waals surface area (Å²) < 4.78 is 4.36. The molecular weight excluding hydrogens is 220 g/mol. The van der Waals surface area contributed by atoms with Crippen molar-refractivity contribution in [2.45, 2.75) is 32.1 Å². The van der Waals surface area contributed by atoms with Gasteiger partial charge in [-0.25, -0.2) is 4.79 Å². The first-order valence-electron chi connectivity index (χ1n) is 5.99. The highest BCUT2D eigenvalue weighted by atomic mass is 16.5. The van der Waals surface area contributed by atoms with Gasteiger partial charge in [-0.2, -0.15) is 0 Å². The molecule has 0 aromatic rings. The molecule has 5 heteroatoms. The normalized spacial score (nSPS) is 14.8. The summed E-state index contributed by atoms with van der Waals surface area (Å²) in [6.07, 6.45) is 7.42. The van der Waals surface area contributed by atoms with Crippen molar-refractivity contribution in [3.8, 4) is 0 Å². The Kier molecular flexibility index (Phi) is 6.14. The van der Waals surface area contributed by atoms with E-state index in [0.29, 0.717) is 6.54 Å². The molecule has 0 spiro atoms. The molecule has 0 radical (unpaired) electrons. The van der Waals surface area contributed by atoms with Crippen LogP contribution >= 0.6 is 0 Å². The van der Waals surface area contributed by atoms with E-state index in [2.05, 4.69) is 21.4 Å². The third-order valence-corrected chi connectivity index (χ3v) is 2.73. The summed E-state index contributed by atoms with van der Waals surface area (Å²) in [7, 11) is 1.27. The van der Waals surface area contributed by atoms with Crippen molar-refractivity contribution in [3.05, 3.63) is 11.6 Å². The Morgan fingerprint density at radius 3 is 2.82 bits per heavy atom. The van der Waals surface area contributed by atoms with Crippen molar-refractivity contribution < 1.29 is 14.3 Å². The lowest BCUT2D eigenvalue weighted by atomic mass is 9.97. The minimum atomic E-state index is -0.588. The molecule has 1 aliphatic rings. The van der Waals surface area contributed by atoms with Crippen molar-refractivity contribution in [1.29, 1.82) is 0 Å². The number of carbonyl (C=O) groups excluding carboxylic acids is 2. The molecule has 0 aliphatic heterocycles. The third kappa shape index (κ3) is 5.94. The lowest BCUT2D eigenvalue weighted by molar-refractivity contribution is -0.120. The molecule has 0 aromatic heterocycles. The Labute approximate surface area is 102 Å². The Morgan fingerprint density at radius 2 is 2.18 bits per heavy atom. The van der Waals surface area contributed by atoms with Crippen molar-refractivity contribution in [1.82, 2.24) is 10.6 Å². The van der Waals surface area contributed by atoms with Crippen LogP contribution in [-0.2, 0) is 9.53 Å². The minimum absolute atomic E-state index is 0.0360. The molecule has 0 atom stereocenters. The van der Waals surface area contributed by atoms with Crippen LogP contribution in [-0.4, -0.2) is 32.2 Å². The average molecular weight is 240 g/mol. The van der Waals surface area contributed by atoms with E-state index in [9.17, 15) is 9.59 Å². The van der Waals surface area contributed by atoms with E-state index in [-0.39, 0.29) is 12.5 Å². The maximum atomic E-state index is 11.3. The van der Waals surface area contributed by atoms with Crippen LogP contribution < -0.4 is 10.6 Å². The number of carbonyl (C=O) groups is 2. The number of amides is 2. The fraction of sp³-hybridized carbons (Fsp3) is 0.667. The van der Waals surface area contributed by atoms with Crippen LogP contribution in [0.5, 0.6) is 0 Å². The summed E-state index contributed by atoms with van der Waals surface area (Å²) in [5.41, 5.74) is 1.43. The van der Waals surface area contributed by atoms with Crippen LogP contribution in [0.15, 0.2) is 11.6 Å². The van der Waals surface area contributed by atoms with Gasteiger partial charge in [-0.1, -0.05) is 11.6 Å². The van der Waals surface area contributed by atoms with E-state index in [0.717, 1.165) is 19.3 Å². The zero-order chi connectivity index (χ0) is 12.5. The SMILES string of the molecule is COC(=O)NCC(=O)NCCC1=CCCCC1. The summed E-state index contributed by atoms with van der Waals surface area (Å²) in [6, 6.07) is 0. The molecule has 2 amide bonds. The number of hydrogen-bond donors (Lipinski definition) is 2. The van der Waals surface area contributed by atoms with E-state index in [1.165, 1.54) is 25.5 Å². The molecule has 17 heavy (non-hydrogen) atoms. The van der Waals surface area contributed by atoms with Gasteiger partial charge in [0.25, 0.3) is 0 Å². The van der Waals surface area contributed by atoms with E-state index < -0.39 is 6.09 Å². The van der Waals surface area contributed by atoms with E-state index in [1.54, 1.807) is 0 Å². The predicted molar refractivity (Wildman–Crippen MR) is 64.6 cm³/mol. The second-order valence-electron chi connectivity index (χ2n) is 4.05. The molecule has 1 aliphatic carbocycles. The van der Waals surface area contributed by atoms with Crippen LogP contribution in [0.25, 0.3) is 0 Å². The standard InChI is InChI=1S/C12H20N2O3/c1-17-12(16)14-9-11(15)13-8-7-10-5-3-2-4-6-10/h5H,2-4,6-9H2,1H3,(H,13,15)(H,14,16). The van der Waals surface area contributed by atoms with Crippen LogP contribution in [0, 0.1) is 0 Å². The van der Waals surface area contributed by atoms with Crippen molar-refractivity contribution in [2.75, 3.05) is 20.2 Å². The van der Waals surface area contributed by atoms with Gasteiger partial charge >= 0.3 is 6.09 Å². The van der Waals surface area contributed by atoms with Gasteiger partial charge in [0.15, 0.2) is 0 Å². The molecule has 0 aromatic carbocycles. The maximum absolute atomic E-state index is 11.3. The first-order chi connectivity index (χ1) is 8.22. The van der Waals surface area contributed by atoms with E-state index >= 15 is 0 Å². The largest absolute Gasteiger partial charge is 0.453 e. The fourth-order valence-electron chi connectivity index (χ4n) is 1.78. The second-order valence-corrected chi connectivity index (χ2v) is 4.05. The predicted octanol–water partition coefficient (Wildman–Crippen LogP) is 1.35. The van der Waals surface area contributed by atoms with Crippen LogP contribution in [0.1, 0.15) is 32.1 Å². The smallest absolute Gasteiger partial charge is 0.407 e. The summed E-state index contributed by atoms with van der Waals surface area (Å²) in [6.45, 7) is 0.596. The van der Waals surface area contributed by atoms with Gasteiger partial charge in [0.1, 0.15) is 0 Å². The van der Waals surface area contributed by atoms with E-state index in [1.807, 2.05) is 0 Å². The lowest BCUT2D eigenvalue weighted by Crippen LogP contribution is -2.37. The Balaban J connectivity index is 2.07.